The number of anilines is 2. The van der Waals surface area contributed by atoms with E-state index in [-0.39, 0.29) is 12.0 Å². The molecule has 8 nitrogen and oxygen atoms in total. The molecule has 136 valence electrons. The number of nitrogens with one attached hydrogen (secondary N) is 2. The molecule has 1 aliphatic rings. The molecule has 1 saturated heterocycles. The molecule has 3 rings (SSSR count). The SMILES string of the molecule is CN1CCCC(Oc2cncc(Nc3cc(OC(F)F)n[nH]3)n2)CC1. The smallest absolute Gasteiger partial charge is 0.388 e. The summed E-state index contributed by atoms with van der Waals surface area (Å²) in [6, 6.07) is 1.31. The molecule has 0 amide bonds. The van der Waals surface area contributed by atoms with Gasteiger partial charge in [0.25, 0.3) is 0 Å². The van der Waals surface area contributed by atoms with E-state index in [1.165, 1.54) is 12.3 Å². The minimum atomic E-state index is -2.92. The molecule has 2 aromatic heterocycles. The molecule has 0 radical (unpaired) electrons. The highest BCUT2D eigenvalue weighted by Gasteiger charge is 2.17. The van der Waals surface area contributed by atoms with Crippen LogP contribution in [0.25, 0.3) is 0 Å². The van der Waals surface area contributed by atoms with Gasteiger partial charge in [0.15, 0.2) is 5.82 Å². The zero-order chi connectivity index (χ0) is 17.6. The zero-order valence-corrected chi connectivity index (χ0v) is 13.8. The van der Waals surface area contributed by atoms with E-state index in [0.717, 1.165) is 32.4 Å². The fraction of sp³-hybridized carbons (Fsp3) is 0.533. The third-order valence-electron chi connectivity index (χ3n) is 3.83. The highest BCUT2D eigenvalue weighted by Crippen LogP contribution is 2.21. The van der Waals surface area contributed by atoms with Crippen LogP contribution in [0.4, 0.5) is 20.4 Å². The first-order chi connectivity index (χ1) is 12.1. The van der Waals surface area contributed by atoms with E-state index in [2.05, 4.69) is 42.2 Å². The number of halogens is 2. The van der Waals surface area contributed by atoms with E-state index in [1.54, 1.807) is 6.20 Å². The summed E-state index contributed by atoms with van der Waals surface area (Å²) in [6.07, 6.45) is 6.14. The first-order valence-corrected chi connectivity index (χ1v) is 8.03. The molecule has 10 heteroatoms. The van der Waals surface area contributed by atoms with Crippen LogP contribution in [0, 0.1) is 0 Å². The lowest BCUT2D eigenvalue weighted by Gasteiger charge is -2.16. The maximum atomic E-state index is 12.1. The van der Waals surface area contributed by atoms with E-state index in [1.807, 2.05) is 0 Å². The quantitative estimate of drug-likeness (QED) is 0.823. The molecule has 2 N–H and O–H groups in total. The predicted molar refractivity (Wildman–Crippen MR) is 86.3 cm³/mol. The highest BCUT2D eigenvalue weighted by molar-refractivity contribution is 5.51. The van der Waals surface area contributed by atoms with E-state index in [4.69, 9.17) is 4.74 Å². The van der Waals surface area contributed by atoms with Crippen LogP contribution in [-0.2, 0) is 0 Å². The van der Waals surface area contributed by atoms with Gasteiger partial charge in [0, 0.05) is 12.6 Å². The van der Waals surface area contributed by atoms with Crippen LogP contribution in [0.3, 0.4) is 0 Å². The van der Waals surface area contributed by atoms with Crippen LogP contribution in [0.2, 0.25) is 0 Å². The fourth-order valence-corrected chi connectivity index (χ4v) is 2.62. The van der Waals surface area contributed by atoms with E-state index < -0.39 is 6.61 Å². The van der Waals surface area contributed by atoms with E-state index >= 15 is 0 Å². The lowest BCUT2D eigenvalue weighted by molar-refractivity contribution is -0.0528. The Labute approximate surface area is 143 Å². The summed E-state index contributed by atoms with van der Waals surface area (Å²) in [5.74, 6) is 0.984. The molecule has 1 fully saturated rings. The van der Waals surface area contributed by atoms with Crippen molar-refractivity contribution in [2.45, 2.75) is 32.0 Å². The number of likely N-dealkylation sites (tertiary alicyclic amines) is 1. The molecule has 3 heterocycles. The highest BCUT2D eigenvalue weighted by atomic mass is 19.3. The Balaban J connectivity index is 1.60. The van der Waals surface area contributed by atoms with Crippen molar-refractivity contribution in [1.82, 2.24) is 25.1 Å². The minimum Gasteiger partial charge on any atom is -0.473 e. The topological polar surface area (TPSA) is 88.2 Å². The summed E-state index contributed by atoms with van der Waals surface area (Å²) < 4.78 is 34.4. The van der Waals surface area contributed by atoms with Crippen LogP contribution in [-0.4, -0.2) is 57.9 Å². The number of ether oxygens (including phenoxy) is 2. The van der Waals surface area contributed by atoms with Crippen molar-refractivity contribution in [2.24, 2.45) is 0 Å². The lowest BCUT2D eigenvalue weighted by atomic mass is 10.2. The molecule has 1 unspecified atom stereocenters. The number of H-pyrrole nitrogens is 1. The molecule has 25 heavy (non-hydrogen) atoms. The van der Waals surface area contributed by atoms with E-state index in [9.17, 15) is 8.78 Å². The monoisotopic (exact) mass is 354 g/mol. The van der Waals surface area contributed by atoms with Crippen molar-refractivity contribution in [3.8, 4) is 11.8 Å². The van der Waals surface area contributed by atoms with Gasteiger partial charge in [-0.25, -0.2) is 0 Å². The summed E-state index contributed by atoms with van der Waals surface area (Å²) in [5.41, 5.74) is 0. The first-order valence-electron chi connectivity index (χ1n) is 8.03. The predicted octanol–water partition coefficient (Wildman–Crippen LogP) is 2.41. The Morgan fingerprint density at radius 1 is 1.28 bits per heavy atom. The molecule has 1 aliphatic heterocycles. The van der Waals surface area contributed by atoms with Gasteiger partial charge < -0.3 is 19.7 Å². The van der Waals surface area contributed by atoms with Gasteiger partial charge in [0.1, 0.15) is 11.9 Å². The molecular formula is C15H20F2N6O2. The Hall–Kier alpha value is -2.49. The first kappa shape index (κ1) is 17.3. The maximum Gasteiger partial charge on any atom is 0.388 e. The Bertz CT molecular complexity index is 684. The van der Waals surface area contributed by atoms with Gasteiger partial charge in [-0.05, 0) is 32.9 Å². The van der Waals surface area contributed by atoms with Crippen LogP contribution in [0.5, 0.6) is 11.8 Å². The van der Waals surface area contributed by atoms with Crippen molar-refractivity contribution in [1.29, 1.82) is 0 Å². The Kier molecular flexibility index (Phi) is 5.59. The lowest BCUT2D eigenvalue weighted by Crippen LogP contribution is -2.21. The molecule has 0 aliphatic carbocycles. The van der Waals surface area contributed by atoms with Crippen molar-refractivity contribution in [3.05, 3.63) is 18.5 Å². The van der Waals surface area contributed by atoms with Gasteiger partial charge in [-0.1, -0.05) is 0 Å². The van der Waals surface area contributed by atoms with Crippen molar-refractivity contribution in [2.75, 3.05) is 25.5 Å². The zero-order valence-electron chi connectivity index (χ0n) is 13.8. The average Bonchev–Trinajstić information content (AvgIpc) is 2.88. The van der Waals surface area contributed by atoms with Crippen molar-refractivity contribution >= 4 is 11.6 Å². The number of nitrogens with zero attached hydrogens (tertiary/aromatic N) is 4. The molecule has 2 aromatic rings. The second-order valence-electron chi connectivity index (χ2n) is 5.84. The summed E-state index contributed by atoms with van der Waals surface area (Å²) >= 11 is 0. The number of aromatic amines is 1. The van der Waals surface area contributed by atoms with Gasteiger partial charge >= 0.3 is 6.61 Å². The van der Waals surface area contributed by atoms with Crippen LogP contribution >= 0.6 is 0 Å². The number of rotatable bonds is 6. The third kappa shape index (κ3) is 5.24. The van der Waals surface area contributed by atoms with Gasteiger partial charge in [0.2, 0.25) is 11.8 Å². The maximum absolute atomic E-state index is 12.1. The second kappa shape index (κ2) is 8.06. The van der Waals surface area contributed by atoms with Gasteiger partial charge in [-0.3, -0.25) is 10.1 Å². The van der Waals surface area contributed by atoms with Gasteiger partial charge in [-0.2, -0.15) is 13.8 Å². The summed E-state index contributed by atoms with van der Waals surface area (Å²) in [6.45, 7) is -0.876. The van der Waals surface area contributed by atoms with Gasteiger partial charge in [-0.15, -0.1) is 5.10 Å². The Morgan fingerprint density at radius 2 is 2.16 bits per heavy atom. The number of aromatic nitrogens is 4. The fourth-order valence-electron chi connectivity index (χ4n) is 2.62. The average molecular weight is 354 g/mol. The normalized spacial score (nSPS) is 18.8. The Morgan fingerprint density at radius 3 is 3.00 bits per heavy atom. The van der Waals surface area contributed by atoms with Crippen molar-refractivity contribution < 1.29 is 18.3 Å². The summed E-state index contributed by atoms with van der Waals surface area (Å²) in [7, 11) is 2.10. The van der Waals surface area contributed by atoms with Crippen LogP contribution in [0.1, 0.15) is 19.3 Å². The third-order valence-corrected chi connectivity index (χ3v) is 3.83. The molecule has 0 spiro atoms. The van der Waals surface area contributed by atoms with E-state index in [0.29, 0.717) is 17.5 Å². The molecule has 0 saturated carbocycles. The molecule has 0 bridgehead atoms. The number of hydrogen-bond acceptors (Lipinski definition) is 7. The standard InChI is InChI=1S/C15H20F2N6O2/c1-23-5-2-3-10(4-6-23)24-14-9-18-8-12(20-14)19-11-7-13(22-21-11)25-15(16)17/h7-10,15H,2-6H2,1H3,(H2,19,20,21,22). The van der Waals surface area contributed by atoms with Crippen LogP contribution < -0.4 is 14.8 Å². The minimum absolute atomic E-state index is 0.104. The number of hydrogen-bond donors (Lipinski definition) is 2. The second-order valence-corrected chi connectivity index (χ2v) is 5.84. The van der Waals surface area contributed by atoms with Gasteiger partial charge in [0.05, 0.1) is 12.4 Å². The van der Waals surface area contributed by atoms with Crippen molar-refractivity contribution in [3.63, 3.8) is 0 Å². The molecule has 1 atom stereocenters. The summed E-state index contributed by atoms with van der Waals surface area (Å²) in [5, 5.41) is 9.04. The largest absolute Gasteiger partial charge is 0.473 e. The summed E-state index contributed by atoms with van der Waals surface area (Å²) in [4.78, 5) is 10.7. The molecular weight excluding hydrogens is 334 g/mol. The van der Waals surface area contributed by atoms with Crippen LogP contribution in [0.15, 0.2) is 18.5 Å². The molecule has 0 aromatic carbocycles. The number of alkyl halides is 2.